The van der Waals surface area contributed by atoms with Crippen molar-refractivity contribution < 1.29 is 14.7 Å². The van der Waals surface area contributed by atoms with Crippen LogP contribution in [0.1, 0.15) is 44.0 Å². The summed E-state index contributed by atoms with van der Waals surface area (Å²) in [7, 11) is 0. The molecule has 1 amide bonds. The molecule has 0 bridgehead atoms. The molecular formula is C21H27N3O3. The van der Waals surface area contributed by atoms with Gasteiger partial charge in [0.15, 0.2) is 0 Å². The van der Waals surface area contributed by atoms with Crippen molar-refractivity contribution in [2.45, 2.75) is 33.6 Å². The molecule has 1 saturated heterocycles. The summed E-state index contributed by atoms with van der Waals surface area (Å²) in [6.45, 7) is 10.9. The van der Waals surface area contributed by atoms with Crippen molar-refractivity contribution in [3.63, 3.8) is 0 Å². The number of hydrogen-bond donors (Lipinski definition) is 2. The van der Waals surface area contributed by atoms with Gasteiger partial charge in [0.2, 0.25) is 0 Å². The summed E-state index contributed by atoms with van der Waals surface area (Å²) >= 11 is 0. The number of nitrogens with one attached hydrogen (secondary N) is 1. The van der Waals surface area contributed by atoms with Gasteiger partial charge in [-0.3, -0.25) is 9.59 Å². The number of allylic oxidation sites excluding steroid dienone is 4. The number of carbonyl (C=O) groups excluding carboxylic acids is 1. The molecule has 2 rings (SSSR count). The van der Waals surface area contributed by atoms with Crippen LogP contribution < -0.4 is 10.2 Å². The van der Waals surface area contributed by atoms with E-state index in [1.165, 1.54) is 0 Å². The van der Waals surface area contributed by atoms with Crippen LogP contribution in [0.4, 0.5) is 5.82 Å². The van der Waals surface area contributed by atoms with Crippen LogP contribution in [0.3, 0.4) is 0 Å². The van der Waals surface area contributed by atoms with E-state index < -0.39 is 5.97 Å². The normalized spacial score (nSPS) is 16.2. The van der Waals surface area contributed by atoms with E-state index in [1.807, 2.05) is 32.9 Å². The van der Waals surface area contributed by atoms with Crippen LogP contribution in [0, 0.1) is 5.92 Å². The van der Waals surface area contributed by atoms with Crippen LogP contribution in [-0.4, -0.2) is 35.1 Å². The smallest absolute Gasteiger partial charge is 0.306 e. The van der Waals surface area contributed by atoms with Gasteiger partial charge in [0.1, 0.15) is 5.82 Å². The fourth-order valence-corrected chi connectivity index (χ4v) is 2.81. The number of anilines is 1. The maximum atomic E-state index is 12.4. The molecule has 0 spiro atoms. The van der Waals surface area contributed by atoms with E-state index in [1.54, 1.807) is 18.3 Å². The monoisotopic (exact) mass is 369 g/mol. The highest BCUT2D eigenvalue weighted by atomic mass is 16.4. The Morgan fingerprint density at radius 2 is 1.96 bits per heavy atom. The maximum Gasteiger partial charge on any atom is 0.306 e. The summed E-state index contributed by atoms with van der Waals surface area (Å²) in [6, 6.07) is 3.55. The Bertz CT molecular complexity index is 770. The van der Waals surface area contributed by atoms with Gasteiger partial charge in [-0.2, -0.15) is 0 Å². The van der Waals surface area contributed by atoms with E-state index in [4.69, 9.17) is 5.11 Å². The number of aromatic nitrogens is 1. The molecule has 0 aliphatic carbocycles. The quantitative estimate of drug-likeness (QED) is 0.750. The molecule has 6 nitrogen and oxygen atoms in total. The van der Waals surface area contributed by atoms with Crippen molar-refractivity contribution in [2.24, 2.45) is 5.92 Å². The fourth-order valence-electron chi connectivity index (χ4n) is 2.81. The van der Waals surface area contributed by atoms with Gasteiger partial charge in [-0.05, 0) is 57.4 Å². The summed E-state index contributed by atoms with van der Waals surface area (Å²) in [4.78, 5) is 29.9. The average Bonchev–Trinajstić information content (AvgIpc) is 2.67. The highest BCUT2D eigenvalue weighted by molar-refractivity contribution is 5.95. The highest BCUT2D eigenvalue weighted by Gasteiger charge is 2.25. The van der Waals surface area contributed by atoms with Crippen LogP contribution in [-0.2, 0) is 4.79 Å². The molecule has 0 saturated carbocycles. The van der Waals surface area contributed by atoms with Crippen LogP contribution in [0.15, 0.2) is 53.9 Å². The second kappa shape index (κ2) is 9.16. The van der Waals surface area contributed by atoms with Gasteiger partial charge in [-0.15, -0.1) is 0 Å². The maximum absolute atomic E-state index is 12.4. The summed E-state index contributed by atoms with van der Waals surface area (Å²) in [5, 5.41) is 11.9. The molecule has 1 fully saturated rings. The molecule has 1 aliphatic heterocycles. The summed E-state index contributed by atoms with van der Waals surface area (Å²) < 4.78 is 0. The number of amides is 1. The first-order valence-electron chi connectivity index (χ1n) is 9.07. The molecule has 0 atom stereocenters. The van der Waals surface area contributed by atoms with E-state index >= 15 is 0 Å². The first kappa shape index (κ1) is 20.4. The minimum Gasteiger partial charge on any atom is -0.481 e. The first-order chi connectivity index (χ1) is 12.8. The van der Waals surface area contributed by atoms with E-state index in [2.05, 4.69) is 21.8 Å². The zero-order valence-corrected chi connectivity index (χ0v) is 16.2. The Labute approximate surface area is 160 Å². The highest BCUT2D eigenvalue weighted by Crippen LogP contribution is 2.22. The van der Waals surface area contributed by atoms with Gasteiger partial charge >= 0.3 is 5.97 Å². The number of nitrogens with zero attached hydrogens (tertiary/aromatic N) is 2. The van der Waals surface area contributed by atoms with Gasteiger partial charge in [0.05, 0.1) is 11.5 Å². The zero-order valence-electron chi connectivity index (χ0n) is 16.2. The predicted octanol–water partition coefficient (Wildman–Crippen LogP) is 3.54. The lowest BCUT2D eigenvalue weighted by Gasteiger charge is -2.31. The third-order valence-electron chi connectivity index (χ3n) is 4.79. The zero-order chi connectivity index (χ0) is 20.0. The van der Waals surface area contributed by atoms with Gasteiger partial charge in [0.25, 0.3) is 5.91 Å². The Hall–Kier alpha value is -2.89. The molecule has 27 heavy (non-hydrogen) atoms. The second-order valence-corrected chi connectivity index (χ2v) is 6.81. The molecule has 0 radical (unpaired) electrons. The number of piperidine rings is 1. The Morgan fingerprint density at radius 1 is 1.30 bits per heavy atom. The average molecular weight is 369 g/mol. The molecule has 1 aliphatic rings. The molecule has 0 aromatic carbocycles. The van der Waals surface area contributed by atoms with Gasteiger partial charge in [0, 0.05) is 25.0 Å². The Kier molecular flexibility index (Phi) is 6.93. The Balaban J connectivity index is 2.00. The molecule has 1 aromatic heterocycles. The van der Waals surface area contributed by atoms with Crippen molar-refractivity contribution in [3.05, 3.63) is 59.5 Å². The van der Waals surface area contributed by atoms with Crippen molar-refractivity contribution in [1.29, 1.82) is 0 Å². The SMILES string of the molecule is C=C(C)/C(C)=C\C(=C/C)NC(=O)c1ccc(N2CCC(C(=O)O)CC2)nc1. The number of carbonyl (C=O) groups is 2. The number of rotatable bonds is 6. The number of hydrogen-bond acceptors (Lipinski definition) is 4. The van der Waals surface area contributed by atoms with E-state index in [9.17, 15) is 9.59 Å². The second-order valence-electron chi connectivity index (χ2n) is 6.81. The molecular weight excluding hydrogens is 342 g/mol. The number of carboxylic acid groups (broad SMARTS) is 1. The van der Waals surface area contributed by atoms with Crippen molar-refractivity contribution in [2.75, 3.05) is 18.0 Å². The van der Waals surface area contributed by atoms with E-state index in [0.717, 1.165) is 17.0 Å². The van der Waals surface area contributed by atoms with Crippen LogP contribution in [0.5, 0.6) is 0 Å². The lowest BCUT2D eigenvalue weighted by Crippen LogP contribution is -2.36. The summed E-state index contributed by atoms with van der Waals surface area (Å²) in [5.74, 6) is -0.469. The largest absolute Gasteiger partial charge is 0.481 e. The lowest BCUT2D eigenvalue weighted by molar-refractivity contribution is -0.142. The van der Waals surface area contributed by atoms with Gasteiger partial charge < -0.3 is 15.3 Å². The summed E-state index contributed by atoms with van der Waals surface area (Å²) in [5.41, 5.74) is 3.13. The summed E-state index contributed by atoms with van der Waals surface area (Å²) in [6.07, 6.45) is 6.49. The predicted molar refractivity (Wildman–Crippen MR) is 107 cm³/mol. The molecule has 2 heterocycles. The van der Waals surface area contributed by atoms with E-state index in [0.29, 0.717) is 37.2 Å². The first-order valence-corrected chi connectivity index (χ1v) is 9.07. The van der Waals surface area contributed by atoms with Crippen molar-refractivity contribution in [3.8, 4) is 0 Å². The minimum absolute atomic E-state index is 0.225. The third kappa shape index (κ3) is 5.54. The molecule has 0 unspecified atom stereocenters. The number of pyridine rings is 1. The minimum atomic E-state index is -0.731. The van der Waals surface area contributed by atoms with E-state index in [-0.39, 0.29) is 11.8 Å². The molecule has 1 aromatic rings. The standard InChI is InChI=1S/C21H27N3O3/c1-5-18(12-15(4)14(2)3)23-20(25)17-6-7-19(22-13-17)24-10-8-16(9-11-24)21(26)27/h5-7,12-13,16H,2,8-11H2,1,3-4H3,(H,23,25)(H,26,27)/b15-12-,18-5+. The lowest BCUT2D eigenvalue weighted by atomic mass is 9.97. The number of aliphatic carboxylic acids is 1. The Morgan fingerprint density at radius 3 is 2.44 bits per heavy atom. The van der Waals surface area contributed by atoms with Crippen LogP contribution in [0.2, 0.25) is 0 Å². The third-order valence-corrected chi connectivity index (χ3v) is 4.79. The van der Waals surface area contributed by atoms with Crippen LogP contribution >= 0.6 is 0 Å². The van der Waals surface area contributed by atoms with Crippen LogP contribution in [0.25, 0.3) is 0 Å². The van der Waals surface area contributed by atoms with Gasteiger partial charge in [-0.1, -0.05) is 18.2 Å². The molecule has 2 N–H and O–H groups in total. The molecule has 144 valence electrons. The topological polar surface area (TPSA) is 82.5 Å². The van der Waals surface area contributed by atoms with Gasteiger partial charge in [-0.25, -0.2) is 4.98 Å². The molecule has 6 heteroatoms. The van der Waals surface area contributed by atoms with Crippen molar-refractivity contribution in [1.82, 2.24) is 10.3 Å². The number of carboxylic acids is 1. The van der Waals surface area contributed by atoms with Crippen molar-refractivity contribution >= 4 is 17.7 Å². The fraction of sp³-hybridized carbons (Fsp3) is 0.381.